The molecule has 0 unspecified atom stereocenters. The van der Waals surface area contributed by atoms with Crippen LogP contribution in [-0.2, 0) is 4.57 Å². The van der Waals surface area contributed by atoms with Gasteiger partial charge in [-0.05, 0) is 25.0 Å². The molecule has 23 heavy (non-hydrogen) atoms. The van der Waals surface area contributed by atoms with Gasteiger partial charge in [-0.3, -0.25) is 0 Å². The molecule has 0 amide bonds. The van der Waals surface area contributed by atoms with Crippen molar-refractivity contribution in [1.82, 2.24) is 0 Å². The molecule has 0 saturated carbocycles. The molecular weight excluding hydrogens is 323 g/mol. The molecule has 0 fully saturated rings. The van der Waals surface area contributed by atoms with Crippen LogP contribution in [0.25, 0.3) is 0 Å². The molecule has 0 heterocycles. The summed E-state index contributed by atoms with van der Waals surface area (Å²) >= 11 is 6.00. The summed E-state index contributed by atoms with van der Waals surface area (Å²) in [5.41, 5.74) is 0. The molecule has 0 aliphatic rings. The first kappa shape index (κ1) is 20.8. The van der Waals surface area contributed by atoms with E-state index in [0.717, 1.165) is 35.5 Å². The maximum absolute atomic E-state index is 13.5. The van der Waals surface area contributed by atoms with E-state index in [1.807, 2.05) is 24.3 Å². The molecular formula is C20H34ClOP. The van der Waals surface area contributed by atoms with Crippen LogP contribution in [0.1, 0.15) is 78.1 Å². The first-order chi connectivity index (χ1) is 11.1. The fraction of sp³-hybridized carbons (Fsp3) is 0.700. The van der Waals surface area contributed by atoms with Crippen molar-refractivity contribution in [3.05, 3.63) is 29.3 Å². The maximum atomic E-state index is 13.5. The molecule has 0 saturated heterocycles. The van der Waals surface area contributed by atoms with E-state index in [-0.39, 0.29) is 0 Å². The van der Waals surface area contributed by atoms with Gasteiger partial charge in [0.15, 0.2) is 0 Å². The fourth-order valence-corrected chi connectivity index (χ4v) is 6.05. The summed E-state index contributed by atoms with van der Waals surface area (Å²) in [4.78, 5) is 0. The van der Waals surface area contributed by atoms with Gasteiger partial charge in [0.05, 0.1) is 0 Å². The quantitative estimate of drug-likeness (QED) is 0.268. The molecule has 1 rings (SSSR count). The van der Waals surface area contributed by atoms with E-state index < -0.39 is 7.14 Å². The zero-order valence-corrected chi connectivity index (χ0v) is 16.7. The molecule has 0 N–H and O–H groups in total. The van der Waals surface area contributed by atoms with Crippen LogP contribution in [-0.4, -0.2) is 12.3 Å². The van der Waals surface area contributed by atoms with Crippen molar-refractivity contribution in [3.8, 4) is 0 Å². The standard InChI is InChI=1S/C20H34ClOP/c1-3-5-7-9-11-17-23(22,18-12-10-8-6-4-2)20-15-13-19(21)14-16-20/h13-16H,3-12,17-18H2,1-2H3. The third-order valence-electron chi connectivity index (χ3n) is 4.54. The topological polar surface area (TPSA) is 17.1 Å². The fourth-order valence-electron chi connectivity index (χ4n) is 3.02. The highest BCUT2D eigenvalue weighted by Crippen LogP contribution is 2.46. The molecule has 1 aromatic rings. The van der Waals surface area contributed by atoms with E-state index in [0.29, 0.717) is 0 Å². The van der Waals surface area contributed by atoms with Crippen LogP contribution >= 0.6 is 18.7 Å². The summed E-state index contributed by atoms with van der Waals surface area (Å²) in [5, 5.41) is 1.76. The highest BCUT2D eigenvalue weighted by molar-refractivity contribution is 7.71. The second-order valence-corrected chi connectivity index (χ2v) is 10.3. The lowest BCUT2D eigenvalue weighted by molar-refractivity contribution is 0.570. The Morgan fingerprint density at radius 1 is 0.739 bits per heavy atom. The number of hydrogen-bond donors (Lipinski definition) is 0. The Morgan fingerprint density at radius 3 is 1.61 bits per heavy atom. The molecule has 0 aliphatic heterocycles. The maximum Gasteiger partial charge on any atom is 0.115 e. The van der Waals surface area contributed by atoms with Crippen LogP contribution in [0.5, 0.6) is 0 Å². The van der Waals surface area contributed by atoms with Gasteiger partial charge in [0.25, 0.3) is 0 Å². The molecule has 0 aromatic heterocycles. The van der Waals surface area contributed by atoms with Crippen molar-refractivity contribution in [2.75, 3.05) is 12.3 Å². The lowest BCUT2D eigenvalue weighted by Crippen LogP contribution is -2.11. The molecule has 3 heteroatoms. The Hall–Kier alpha value is -0.260. The summed E-state index contributed by atoms with van der Waals surface area (Å²) < 4.78 is 13.5. The first-order valence-electron chi connectivity index (χ1n) is 9.46. The van der Waals surface area contributed by atoms with E-state index >= 15 is 0 Å². The van der Waals surface area contributed by atoms with Crippen LogP contribution in [0.15, 0.2) is 24.3 Å². The smallest absolute Gasteiger partial charge is 0.115 e. The molecule has 0 bridgehead atoms. The molecule has 0 radical (unpaired) electrons. The Balaban J connectivity index is 2.59. The molecule has 132 valence electrons. The Kier molecular flexibility index (Phi) is 11.0. The van der Waals surface area contributed by atoms with Gasteiger partial charge in [-0.1, -0.05) is 88.9 Å². The zero-order valence-electron chi connectivity index (χ0n) is 15.0. The van der Waals surface area contributed by atoms with Crippen LogP contribution in [0.3, 0.4) is 0 Å². The number of halogens is 1. The van der Waals surface area contributed by atoms with Gasteiger partial charge in [0.1, 0.15) is 7.14 Å². The highest BCUT2D eigenvalue weighted by Gasteiger charge is 2.23. The Bertz CT molecular complexity index is 437. The van der Waals surface area contributed by atoms with E-state index in [1.54, 1.807) is 0 Å². The van der Waals surface area contributed by atoms with Gasteiger partial charge in [-0.25, -0.2) is 0 Å². The summed E-state index contributed by atoms with van der Waals surface area (Å²) in [6.07, 6.45) is 14.0. The van der Waals surface area contributed by atoms with Gasteiger partial charge in [-0.2, -0.15) is 0 Å². The highest BCUT2D eigenvalue weighted by atomic mass is 35.5. The minimum Gasteiger partial charge on any atom is -0.319 e. The van der Waals surface area contributed by atoms with E-state index in [1.165, 1.54) is 51.4 Å². The lowest BCUT2D eigenvalue weighted by Gasteiger charge is -2.19. The lowest BCUT2D eigenvalue weighted by atomic mass is 10.2. The Labute approximate surface area is 148 Å². The Morgan fingerprint density at radius 2 is 1.17 bits per heavy atom. The predicted octanol–water partition coefficient (Wildman–Crippen LogP) is 7.27. The molecule has 0 atom stereocenters. The van der Waals surface area contributed by atoms with Crippen LogP contribution in [0, 0.1) is 0 Å². The van der Waals surface area contributed by atoms with Crippen molar-refractivity contribution >= 4 is 24.0 Å². The van der Waals surface area contributed by atoms with Crippen LogP contribution in [0.4, 0.5) is 0 Å². The minimum absolute atomic E-state index is 0.728. The minimum atomic E-state index is -2.25. The molecule has 0 spiro atoms. The molecule has 1 aromatic carbocycles. The van der Waals surface area contributed by atoms with Crippen molar-refractivity contribution in [3.63, 3.8) is 0 Å². The second-order valence-electron chi connectivity index (χ2n) is 6.64. The van der Waals surface area contributed by atoms with Gasteiger partial charge in [0, 0.05) is 22.7 Å². The molecule has 0 aliphatic carbocycles. The van der Waals surface area contributed by atoms with Gasteiger partial charge >= 0.3 is 0 Å². The van der Waals surface area contributed by atoms with E-state index in [2.05, 4.69) is 13.8 Å². The summed E-state index contributed by atoms with van der Waals surface area (Å²) in [6.45, 7) is 4.46. The SMILES string of the molecule is CCCCCCCP(=O)(CCCCCCC)c1ccc(Cl)cc1. The van der Waals surface area contributed by atoms with Crippen molar-refractivity contribution in [2.45, 2.75) is 78.1 Å². The number of benzene rings is 1. The number of rotatable bonds is 13. The van der Waals surface area contributed by atoms with Gasteiger partial charge < -0.3 is 4.57 Å². The zero-order chi connectivity index (χ0) is 17.0. The summed E-state index contributed by atoms with van der Waals surface area (Å²) in [5.74, 6) is 0. The largest absolute Gasteiger partial charge is 0.319 e. The summed E-state index contributed by atoms with van der Waals surface area (Å²) in [7, 11) is -2.25. The van der Waals surface area contributed by atoms with Crippen LogP contribution < -0.4 is 5.30 Å². The number of unbranched alkanes of at least 4 members (excludes halogenated alkanes) is 8. The predicted molar refractivity (Wildman–Crippen MR) is 106 cm³/mol. The normalized spacial score (nSPS) is 11.8. The average molecular weight is 357 g/mol. The van der Waals surface area contributed by atoms with Crippen molar-refractivity contribution < 1.29 is 4.57 Å². The van der Waals surface area contributed by atoms with E-state index in [4.69, 9.17) is 11.6 Å². The summed E-state index contributed by atoms with van der Waals surface area (Å²) in [6, 6.07) is 7.75. The third kappa shape index (κ3) is 8.41. The second kappa shape index (κ2) is 12.2. The number of hydrogen-bond acceptors (Lipinski definition) is 1. The van der Waals surface area contributed by atoms with Gasteiger partial charge in [-0.15, -0.1) is 0 Å². The average Bonchev–Trinajstić information content (AvgIpc) is 2.55. The van der Waals surface area contributed by atoms with Crippen molar-refractivity contribution in [1.29, 1.82) is 0 Å². The first-order valence-corrected chi connectivity index (χ1v) is 11.9. The molecule has 1 nitrogen and oxygen atoms in total. The van der Waals surface area contributed by atoms with Crippen molar-refractivity contribution in [2.24, 2.45) is 0 Å². The third-order valence-corrected chi connectivity index (χ3v) is 8.11. The monoisotopic (exact) mass is 356 g/mol. The van der Waals surface area contributed by atoms with E-state index in [9.17, 15) is 4.57 Å². The van der Waals surface area contributed by atoms with Crippen LogP contribution in [0.2, 0.25) is 5.02 Å². The van der Waals surface area contributed by atoms with Gasteiger partial charge in [0.2, 0.25) is 0 Å².